The van der Waals surface area contributed by atoms with Crippen molar-refractivity contribution < 1.29 is 0 Å². The first kappa shape index (κ1) is 37.6. The van der Waals surface area contributed by atoms with Gasteiger partial charge >= 0.3 is 258 Å². The first-order valence-electron chi connectivity index (χ1n) is 12.9. The summed E-state index contributed by atoms with van der Waals surface area (Å²) in [4.78, 5) is 0. The molecule has 0 unspecified atom stereocenters. The van der Waals surface area contributed by atoms with Crippen LogP contribution in [0.25, 0.3) is 0 Å². The van der Waals surface area contributed by atoms with Gasteiger partial charge < -0.3 is 0 Å². The van der Waals surface area contributed by atoms with Crippen LogP contribution in [0.1, 0.15) is 125 Å². The zero-order valence-corrected chi connectivity index (χ0v) is 37.6. The van der Waals surface area contributed by atoms with Gasteiger partial charge in [0.2, 0.25) is 0 Å². The van der Waals surface area contributed by atoms with E-state index in [0.717, 1.165) is 0 Å². The van der Waals surface area contributed by atoms with Crippen LogP contribution in [-0.2, 0) is 0 Å². The number of nitrogens with one attached hydrogen (secondary N) is 3. The molecule has 0 saturated carbocycles. The first-order valence-corrected chi connectivity index (χ1v) is 39.6. The molecule has 12 heteroatoms. The predicted octanol–water partition coefficient (Wildman–Crippen LogP) is 9.27. The summed E-state index contributed by atoms with van der Waals surface area (Å²) in [5, 5.41) is 0. The van der Waals surface area contributed by atoms with E-state index in [9.17, 15) is 0 Å². The van der Waals surface area contributed by atoms with Crippen molar-refractivity contribution in [2.75, 3.05) is 0 Å². The Bertz CT molecular complexity index is 581. The molecule has 1 heterocycles. The van der Waals surface area contributed by atoms with Crippen LogP contribution in [0.15, 0.2) is 0 Å². The minimum atomic E-state index is -2.97. The van der Waals surface area contributed by atoms with Crippen LogP contribution in [-0.4, -0.2) is 62.8 Å². The van der Waals surface area contributed by atoms with Gasteiger partial charge in [0.15, 0.2) is 0 Å². The maximum absolute atomic E-state index is 4.66. The zero-order chi connectivity index (χ0) is 28.9. The van der Waals surface area contributed by atoms with Crippen molar-refractivity contribution in [1.82, 2.24) is 9.69 Å². The molecule has 1 aliphatic rings. The molecule has 0 aromatic heterocycles. The fourth-order valence-corrected chi connectivity index (χ4v) is 193. The molecule has 1 saturated heterocycles. The average molecular weight is 798 g/mol. The summed E-state index contributed by atoms with van der Waals surface area (Å²) in [5.74, 6) is 0. The Labute approximate surface area is 254 Å². The van der Waals surface area contributed by atoms with Gasteiger partial charge in [0.25, 0.3) is 0 Å². The number of rotatable bonds is 6. The zero-order valence-electron chi connectivity index (χ0n) is 26.4. The van der Waals surface area contributed by atoms with Crippen LogP contribution < -0.4 is 9.69 Å². The second kappa shape index (κ2) is 12.3. The van der Waals surface area contributed by atoms with Crippen LogP contribution >= 0.6 is 60.5 Å². The van der Waals surface area contributed by atoms with Crippen molar-refractivity contribution in [1.29, 1.82) is 0 Å². The SMILES string of the molecule is CC(C)(C)[S][Ge]1([S]C(C)(C)C)[NH][Ge]([S]C(C)(C)C)([S]C(C)(C)C)[NH][Ge]([S]C(C)(C)C)([S]C(C)(C)C)[NH]1. The molecule has 1 rings (SSSR count). The van der Waals surface area contributed by atoms with Crippen LogP contribution in [0.3, 0.4) is 0 Å². The summed E-state index contributed by atoms with van der Waals surface area (Å²) < 4.78 is 15.1. The summed E-state index contributed by atoms with van der Waals surface area (Å²) >= 11 is -8.92. The molecule has 0 radical (unpaired) electrons. The molecule has 1 aliphatic heterocycles. The van der Waals surface area contributed by atoms with Crippen molar-refractivity contribution in [3.63, 3.8) is 0 Å². The van der Waals surface area contributed by atoms with Crippen molar-refractivity contribution >= 4 is 94.8 Å². The van der Waals surface area contributed by atoms with E-state index in [-0.39, 0.29) is 28.5 Å². The Balaban J connectivity index is 4.04. The molecule has 0 bridgehead atoms. The van der Waals surface area contributed by atoms with E-state index in [1.54, 1.807) is 0 Å². The van der Waals surface area contributed by atoms with E-state index in [0.29, 0.717) is 0 Å². The van der Waals surface area contributed by atoms with E-state index >= 15 is 0 Å². The second-order valence-corrected chi connectivity index (χ2v) is 72.4. The summed E-state index contributed by atoms with van der Waals surface area (Å²) in [7, 11) is 13.7. The Morgan fingerprint density at radius 1 is 0.278 bits per heavy atom. The quantitative estimate of drug-likeness (QED) is 0.228. The molecule has 3 N–H and O–H groups in total. The molecule has 216 valence electrons. The summed E-state index contributed by atoms with van der Waals surface area (Å²) in [6.07, 6.45) is 0. The average Bonchev–Trinajstić information content (AvgIpc) is 2.30. The molecule has 0 atom stereocenters. The molecule has 0 amide bonds. The maximum atomic E-state index is 4.66. The van der Waals surface area contributed by atoms with Gasteiger partial charge in [-0.15, -0.1) is 0 Å². The molecule has 1 fully saturated rings. The predicted molar refractivity (Wildman–Crippen MR) is 191 cm³/mol. The van der Waals surface area contributed by atoms with E-state index in [1.165, 1.54) is 0 Å². The number of hydrogen-bond acceptors (Lipinski definition) is 9. The molecule has 3 nitrogen and oxygen atoms in total. The third-order valence-corrected chi connectivity index (χ3v) is 110. The molecule has 0 aromatic carbocycles. The van der Waals surface area contributed by atoms with Gasteiger partial charge in [-0.25, -0.2) is 0 Å². The summed E-state index contributed by atoms with van der Waals surface area (Å²) in [6.45, 7) is 43.6. The third kappa shape index (κ3) is 15.2. The molecule has 0 aromatic rings. The Morgan fingerprint density at radius 2 is 0.389 bits per heavy atom. The summed E-state index contributed by atoms with van der Waals surface area (Å²) in [5.41, 5.74) is 0. The van der Waals surface area contributed by atoms with Gasteiger partial charge in [0.05, 0.1) is 0 Å². The molecular weight excluding hydrogens is 741 g/mol. The Kier molecular flexibility index (Phi) is 12.9. The van der Waals surface area contributed by atoms with Gasteiger partial charge in [0, 0.05) is 0 Å². The topological polar surface area (TPSA) is 36.1 Å². The van der Waals surface area contributed by atoms with Crippen LogP contribution in [0.5, 0.6) is 0 Å². The van der Waals surface area contributed by atoms with Crippen molar-refractivity contribution in [3.05, 3.63) is 0 Å². The fraction of sp³-hybridized carbons (Fsp3) is 1.00. The van der Waals surface area contributed by atoms with Crippen molar-refractivity contribution in [2.24, 2.45) is 0 Å². The molecular formula is C24H57Ge3N3S6. The third-order valence-electron chi connectivity index (χ3n) is 3.69. The fourth-order valence-electron chi connectivity index (χ4n) is 3.70. The van der Waals surface area contributed by atoms with E-state index in [1.807, 2.05) is 0 Å². The van der Waals surface area contributed by atoms with Crippen LogP contribution in [0.2, 0.25) is 0 Å². The van der Waals surface area contributed by atoms with Gasteiger partial charge in [-0.2, -0.15) is 0 Å². The summed E-state index contributed by atoms with van der Waals surface area (Å²) in [6, 6.07) is 0. The first-order chi connectivity index (χ1) is 15.4. The van der Waals surface area contributed by atoms with Crippen LogP contribution in [0, 0.1) is 0 Å². The minimum absolute atomic E-state index is 0.190. The number of hydrogen-bond donors (Lipinski definition) is 3. The van der Waals surface area contributed by atoms with Gasteiger partial charge in [-0.1, -0.05) is 0 Å². The second-order valence-electron chi connectivity index (χ2n) is 15.5. The molecule has 36 heavy (non-hydrogen) atoms. The van der Waals surface area contributed by atoms with Gasteiger partial charge in [-0.05, 0) is 0 Å². The van der Waals surface area contributed by atoms with E-state index in [4.69, 9.17) is 0 Å². The normalized spacial score (nSPS) is 21.5. The molecule has 0 spiro atoms. The standard InChI is InChI=1S/C24H57Ge3N3S6/c1-19(2,3)31-25(32-20(4,5)6)28-26(33-21(7,8)9,34-22(10,11)12)30-27(29-25,35-23(13,14)15)36-24(16,17)18/h28-30H,1-18H3. The molecule has 0 aliphatic carbocycles. The van der Waals surface area contributed by atoms with Crippen molar-refractivity contribution in [2.45, 2.75) is 153 Å². The van der Waals surface area contributed by atoms with Crippen LogP contribution in [0.4, 0.5) is 0 Å². The van der Waals surface area contributed by atoms with Crippen molar-refractivity contribution in [3.8, 4) is 0 Å². The van der Waals surface area contributed by atoms with Gasteiger partial charge in [0.1, 0.15) is 0 Å². The van der Waals surface area contributed by atoms with E-state index < -0.39 is 34.3 Å². The Hall–Kier alpha value is 3.61. The Morgan fingerprint density at radius 3 is 0.472 bits per heavy atom. The van der Waals surface area contributed by atoms with E-state index in [2.05, 4.69) is 195 Å². The van der Waals surface area contributed by atoms with Gasteiger partial charge in [-0.3, -0.25) is 0 Å². The monoisotopic (exact) mass is 801 g/mol.